The van der Waals surface area contributed by atoms with E-state index in [4.69, 9.17) is 32.6 Å². The number of aromatic nitrogens is 4. The first-order valence-corrected chi connectivity index (χ1v) is 11.5. The van der Waals surface area contributed by atoms with Gasteiger partial charge in [0.25, 0.3) is 5.91 Å². The molecule has 1 aliphatic heterocycles. The topological polar surface area (TPSA) is 79.8 Å². The lowest BCUT2D eigenvalue weighted by molar-refractivity contribution is 0.0746. The number of carbonyl (C=O) groups excluding carboxylic acids is 1. The van der Waals surface area contributed by atoms with Crippen LogP contribution in [0.4, 0.5) is 5.95 Å². The van der Waals surface area contributed by atoms with Crippen LogP contribution in [0, 0.1) is 0 Å². The first kappa shape index (κ1) is 20.9. The number of hydrogen-bond donors (Lipinski definition) is 0. The van der Waals surface area contributed by atoms with Gasteiger partial charge >= 0.3 is 0 Å². The third kappa shape index (κ3) is 3.46. The Morgan fingerprint density at radius 2 is 1.76 bits per heavy atom. The van der Waals surface area contributed by atoms with Gasteiger partial charge < -0.3 is 14.2 Å². The fraction of sp³-hybridized carbons (Fsp3) is 0.167. The number of halogens is 2. The SMILES string of the molecule is O=C(c1ccccc1Cl)N1CCN(c2nc3cc(Cl)ccc3c3nnc(-c4ccco4)n23)CC1. The van der Waals surface area contributed by atoms with Crippen LogP contribution in [-0.2, 0) is 0 Å². The molecule has 3 aromatic heterocycles. The van der Waals surface area contributed by atoms with Crippen LogP contribution in [0.1, 0.15) is 10.4 Å². The summed E-state index contributed by atoms with van der Waals surface area (Å²) >= 11 is 12.5. The molecule has 4 heterocycles. The van der Waals surface area contributed by atoms with Gasteiger partial charge in [0.1, 0.15) is 0 Å². The van der Waals surface area contributed by atoms with Gasteiger partial charge in [-0.05, 0) is 42.5 Å². The zero-order valence-corrected chi connectivity index (χ0v) is 19.4. The van der Waals surface area contributed by atoms with E-state index in [1.807, 2.05) is 51.8 Å². The van der Waals surface area contributed by atoms with Crippen LogP contribution >= 0.6 is 23.2 Å². The van der Waals surface area contributed by atoms with Crippen molar-refractivity contribution in [1.82, 2.24) is 24.5 Å². The lowest BCUT2D eigenvalue weighted by atomic mass is 10.2. The van der Waals surface area contributed by atoms with Crippen molar-refractivity contribution in [3.05, 3.63) is 76.5 Å². The highest BCUT2D eigenvalue weighted by Crippen LogP contribution is 2.30. The van der Waals surface area contributed by atoms with Crippen LogP contribution in [-0.4, -0.2) is 56.6 Å². The summed E-state index contributed by atoms with van der Waals surface area (Å²) in [5.41, 5.74) is 1.90. The fourth-order valence-electron chi connectivity index (χ4n) is 4.28. The monoisotopic (exact) mass is 492 g/mol. The van der Waals surface area contributed by atoms with E-state index in [0.29, 0.717) is 65.0 Å². The second kappa shape index (κ2) is 8.30. The molecule has 34 heavy (non-hydrogen) atoms. The van der Waals surface area contributed by atoms with Crippen LogP contribution in [0.5, 0.6) is 0 Å². The average Bonchev–Trinajstić information content (AvgIpc) is 3.54. The maximum atomic E-state index is 13.0. The molecule has 0 N–H and O–H groups in total. The number of piperazine rings is 1. The van der Waals surface area contributed by atoms with Crippen LogP contribution in [0.15, 0.2) is 65.3 Å². The lowest BCUT2D eigenvalue weighted by Crippen LogP contribution is -2.49. The second-order valence-corrected chi connectivity index (χ2v) is 8.84. The molecule has 2 aromatic carbocycles. The summed E-state index contributed by atoms with van der Waals surface area (Å²) in [6.45, 7) is 2.22. The molecule has 0 bridgehead atoms. The summed E-state index contributed by atoms with van der Waals surface area (Å²) < 4.78 is 7.52. The van der Waals surface area contributed by atoms with Crippen LogP contribution < -0.4 is 4.90 Å². The number of carbonyl (C=O) groups is 1. The molecule has 6 rings (SSSR count). The van der Waals surface area contributed by atoms with Crippen LogP contribution in [0.2, 0.25) is 10.0 Å². The predicted molar refractivity (Wildman–Crippen MR) is 131 cm³/mol. The maximum Gasteiger partial charge on any atom is 0.255 e. The zero-order chi connectivity index (χ0) is 23.2. The molecule has 1 fully saturated rings. The number of furan rings is 1. The number of rotatable bonds is 3. The third-order valence-electron chi connectivity index (χ3n) is 5.98. The molecule has 0 aliphatic carbocycles. The van der Waals surface area contributed by atoms with Gasteiger partial charge in [-0.3, -0.25) is 4.79 Å². The van der Waals surface area contributed by atoms with E-state index in [0.717, 1.165) is 10.9 Å². The highest BCUT2D eigenvalue weighted by atomic mass is 35.5. The highest BCUT2D eigenvalue weighted by Gasteiger charge is 2.27. The van der Waals surface area contributed by atoms with E-state index >= 15 is 0 Å². The van der Waals surface area contributed by atoms with Crippen molar-refractivity contribution in [3.63, 3.8) is 0 Å². The Labute approximate surface area is 204 Å². The standard InChI is InChI=1S/C24H18Cl2N6O2/c25-15-7-8-17-19(14-15)27-24(32-21(17)28-29-22(32)20-6-3-13-34-20)31-11-9-30(10-12-31)23(33)16-4-1-2-5-18(16)26/h1-8,13-14H,9-12H2. The Bertz CT molecular complexity index is 1520. The van der Waals surface area contributed by atoms with E-state index in [1.165, 1.54) is 0 Å². The van der Waals surface area contributed by atoms with Crippen LogP contribution in [0.3, 0.4) is 0 Å². The van der Waals surface area contributed by atoms with E-state index in [2.05, 4.69) is 15.1 Å². The molecule has 1 amide bonds. The quantitative estimate of drug-likeness (QED) is 0.359. The van der Waals surface area contributed by atoms with E-state index in [1.54, 1.807) is 18.4 Å². The van der Waals surface area contributed by atoms with Crippen molar-refractivity contribution in [1.29, 1.82) is 0 Å². The van der Waals surface area contributed by atoms with Gasteiger partial charge in [0.2, 0.25) is 11.8 Å². The molecule has 10 heteroatoms. The molecule has 170 valence electrons. The fourth-order valence-corrected chi connectivity index (χ4v) is 4.67. The van der Waals surface area contributed by atoms with E-state index in [-0.39, 0.29) is 5.91 Å². The van der Waals surface area contributed by atoms with Gasteiger partial charge in [-0.15, -0.1) is 10.2 Å². The maximum absolute atomic E-state index is 13.0. The normalized spacial score (nSPS) is 14.3. The Hall–Kier alpha value is -3.62. The molecule has 0 spiro atoms. The summed E-state index contributed by atoms with van der Waals surface area (Å²) in [7, 11) is 0. The van der Waals surface area contributed by atoms with Gasteiger partial charge in [0.05, 0.1) is 22.4 Å². The van der Waals surface area contributed by atoms with Crippen molar-refractivity contribution >= 4 is 51.6 Å². The number of amides is 1. The van der Waals surface area contributed by atoms with E-state index in [9.17, 15) is 4.79 Å². The minimum Gasteiger partial charge on any atom is -0.461 e. The molecule has 0 atom stereocenters. The van der Waals surface area contributed by atoms with E-state index < -0.39 is 0 Å². The number of anilines is 1. The van der Waals surface area contributed by atoms with Gasteiger partial charge in [-0.1, -0.05) is 35.3 Å². The third-order valence-corrected chi connectivity index (χ3v) is 6.54. The summed E-state index contributed by atoms with van der Waals surface area (Å²) in [6, 6.07) is 16.3. The summed E-state index contributed by atoms with van der Waals surface area (Å²) in [4.78, 5) is 21.9. The van der Waals surface area contributed by atoms with Gasteiger partial charge in [-0.25, -0.2) is 9.38 Å². The minimum absolute atomic E-state index is 0.0748. The molecule has 1 aliphatic rings. The summed E-state index contributed by atoms with van der Waals surface area (Å²) in [6.07, 6.45) is 1.60. The summed E-state index contributed by atoms with van der Waals surface area (Å²) in [5, 5.41) is 10.7. The number of hydrogen-bond acceptors (Lipinski definition) is 6. The molecule has 0 radical (unpaired) electrons. The van der Waals surface area contributed by atoms with Crippen molar-refractivity contribution in [2.75, 3.05) is 31.1 Å². The largest absolute Gasteiger partial charge is 0.461 e. The Morgan fingerprint density at radius 1 is 0.941 bits per heavy atom. The smallest absolute Gasteiger partial charge is 0.255 e. The van der Waals surface area contributed by atoms with Gasteiger partial charge in [-0.2, -0.15) is 0 Å². The second-order valence-electron chi connectivity index (χ2n) is 7.99. The molecule has 1 saturated heterocycles. The minimum atomic E-state index is -0.0748. The van der Waals surface area contributed by atoms with Gasteiger partial charge in [0, 0.05) is 36.6 Å². The molecule has 5 aromatic rings. The molecular weight excluding hydrogens is 475 g/mol. The average molecular weight is 493 g/mol. The molecule has 0 saturated carbocycles. The summed E-state index contributed by atoms with van der Waals surface area (Å²) in [5.74, 6) is 1.76. The van der Waals surface area contributed by atoms with Crippen molar-refractivity contribution < 1.29 is 9.21 Å². The first-order valence-electron chi connectivity index (χ1n) is 10.8. The zero-order valence-electron chi connectivity index (χ0n) is 17.9. The highest BCUT2D eigenvalue weighted by molar-refractivity contribution is 6.33. The molecular formula is C24H18Cl2N6O2. The number of benzene rings is 2. The van der Waals surface area contributed by atoms with Crippen molar-refractivity contribution in [2.24, 2.45) is 0 Å². The predicted octanol–water partition coefficient (Wildman–Crippen LogP) is 4.81. The van der Waals surface area contributed by atoms with Crippen LogP contribution in [0.25, 0.3) is 28.1 Å². The van der Waals surface area contributed by atoms with Gasteiger partial charge in [0.15, 0.2) is 11.4 Å². The number of nitrogens with zero attached hydrogens (tertiary/aromatic N) is 6. The molecule has 8 nitrogen and oxygen atoms in total. The first-order chi connectivity index (χ1) is 16.6. The Kier molecular flexibility index (Phi) is 5.12. The Balaban J connectivity index is 1.39. The number of fused-ring (bicyclic) bond motifs is 3. The van der Waals surface area contributed by atoms with Crippen molar-refractivity contribution in [3.8, 4) is 11.6 Å². The lowest BCUT2D eigenvalue weighted by Gasteiger charge is -2.35. The molecule has 0 unspecified atom stereocenters. The Morgan fingerprint density at radius 3 is 2.53 bits per heavy atom. The van der Waals surface area contributed by atoms with Crippen molar-refractivity contribution in [2.45, 2.75) is 0 Å².